The van der Waals surface area contributed by atoms with E-state index in [0.717, 1.165) is 15.8 Å². The largest absolute Gasteiger partial charge is 0.494 e. The van der Waals surface area contributed by atoms with Crippen LogP contribution in [0.15, 0.2) is 77.3 Å². The molecular formula is C23H21BrN2O4. The number of hydrogen-bond donors (Lipinski definition) is 1. The van der Waals surface area contributed by atoms with Crippen LogP contribution in [0.3, 0.4) is 0 Å². The van der Waals surface area contributed by atoms with Crippen molar-refractivity contribution in [3.8, 4) is 5.75 Å². The lowest BCUT2D eigenvalue weighted by Gasteiger charge is -2.20. The fourth-order valence-electron chi connectivity index (χ4n) is 3.03. The molecule has 0 amide bonds. The van der Waals surface area contributed by atoms with Crippen LogP contribution in [0.1, 0.15) is 35.3 Å². The van der Waals surface area contributed by atoms with Crippen LogP contribution in [-0.2, 0) is 0 Å². The van der Waals surface area contributed by atoms with Gasteiger partial charge in [-0.3, -0.25) is 14.9 Å². The van der Waals surface area contributed by atoms with Crippen molar-refractivity contribution in [3.63, 3.8) is 0 Å². The van der Waals surface area contributed by atoms with E-state index in [4.69, 9.17) is 4.74 Å². The Bertz CT molecular complexity index is 1000. The van der Waals surface area contributed by atoms with Crippen molar-refractivity contribution in [2.45, 2.75) is 19.4 Å². The van der Waals surface area contributed by atoms with Crippen molar-refractivity contribution in [3.05, 3.63) is 98.5 Å². The number of hydrogen-bond acceptors (Lipinski definition) is 5. The Morgan fingerprint density at radius 3 is 2.23 bits per heavy atom. The van der Waals surface area contributed by atoms with Gasteiger partial charge in [-0.2, -0.15) is 0 Å². The molecule has 0 fully saturated rings. The van der Waals surface area contributed by atoms with Gasteiger partial charge in [0.2, 0.25) is 0 Å². The van der Waals surface area contributed by atoms with E-state index in [-0.39, 0.29) is 23.9 Å². The molecule has 3 aromatic rings. The monoisotopic (exact) mass is 468 g/mol. The summed E-state index contributed by atoms with van der Waals surface area (Å²) in [5.74, 6) is 0.755. The number of benzene rings is 3. The van der Waals surface area contributed by atoms with Crippen molar-refractivity contribution < 1.29 is 14.5 Å². The summed E-state index contributed by atoms with van der Waals surface area (Å²) < 4.78 is 6.41. The molecule has 3 aromatic carbocycles. The van der Waals surface area contributed by atoms with Gasteiger partial charge >= 0.3 is 0 Å². The van der Waals surface area contributed by atoms with Crippen molar-refractivity contribution in [2.24, 2.45) is 0 Å². The molecule has 1 atom stereocenters. The molecule has 0 aliphatic heterocycles. The number of non-ortho nitro benzene ring substituents is 1. The zero-order valence-corrected chi connectivity index (χ0v) is 18.0. The van der Waals surface area contributed by atoms with Crippen LogP contribution < -0.4 is 10.1 Å². The second-order valence-electron chi connectivity index (χ2n) is 6.64. The Kier molecular flexibility index (Phi) is 7.19. The summed E-state index contributed by atoms with van der Waals surface area (Å²) >= 11 is 3.38. The van der Waals surface area contributed by atoms with Gasteiger partial charge in [-0.25, -0.2) is 0 Å². The zero-order valence-electron chi connectivity index (χ0n) is 16.4. The number of nitrogens with one attached hydrogen (secondary N) is 1. The maximum absolute atomic E-state index is 12.9. The third-order valence-corrected chi connectivity index (χ3v) is 5.10. The van der Waals surface area contributed by atoms with Gasteiger partial charge in [-0.05, 0) is 48.9 Å². The summed E-state index contributed by atoms with van der Waals surface area (Å²) in [5, 5.41) is 14.2. The van der Waals surface area contributed by atoms with Crippen LogP contribution >= 0.6 is 15.9 Å². The van der Waals surface area contributed by atoms with Gasteiger partial charge in [0.25, 0.3) is 5.69 Å². The van der Waals surface area contributed by atoms with E-state index in [0.29, 0.717) is 17.9 Å². The topological polar surface area (TPSA) is 81.5 Å². The molecule has 0 aliphatic rings. The molecule has 0 bridgehead atoms. The van der Waals surface area contributed by atoms with E-state index in [1.165, 1.54) is 12.1 Å². The normalized spacial score (nSPS) is 11.5. The highest BCUT2D eigenvalue weighted by molar-refractivity contribution is 9.10. The number of nitro benzene ring substituents is 1. The first-order chi connectivity index (χ1) is 14.5. The summed E-state index contributed by atoms with van der Waals surface area (Å²) in [6.45, 7) is 2.50. The second-order valence-corrected chi connectivity index (χ2v) is 7.55. The number of nitrogens with zero attached hydrogens (tertiary/aromatic N) is 1. The van der Waals surface area contributed by atoms with E-state index in [1.54, 1.807) is 24.3 Å². The number of rotatable bonds is 9. The summed E-state index contributed by atoms with van der Waals surface area (Å²) in [5.41, 5.74) is 2.26. The van der Waals surface area contributed by atoms with Crippen LogP contribution in [0.5, 0.6) is 5.75 Å². The maximum atomic E-state index is 12.9. The standard InChI is InChI=1S/C23H21BrN2O4/c1-2-30-21-13-5-16(6-14-21)22(15-23(27)17-3-7-18(24)8-4-17)25-19-9-11-20(12-10-19)26(28)29/h3-14,22,25H,2,15H2,1H3. The highest BCUT2D eigenvalue weighted by atomic mass is 79.9. The Balaban J connectivity index is 1.84. The quantitative estimate of drug-likeness (QED) is 0.230. The minimum absolute atomic E-state index is 0.00389. The van der Waals surface area contributed by atoms with Gasteiger partial charge in [-0.15, -0.1) is 0 Å². The molecule has 0 radical (unpaired) electrons. The number of halogens is 1. The van der Waals surface area contributed by atoms with Gasteiger partial charge in [0, 0.05) is 34.3 Å². The van der Waals surface area contributed by atoms with Gasteiger partial charge < -0.3 is 10.1 Å². The molecule has 0 saturated carbocycles. The molecule has 6 nitrogen and oxygen atoms in total. The molecule has 3 rings (SSSR count). The Morgan fingerprint density at radius 1 is 1.03 bits per heavy atom. The van der Waals surface area contributed by atoms with Crippen molar-refractivity contribution >= 4 is 33.1 Å². The van der Waals surface area contributed by atoms with E-state index in [2.05, 4.69) is 21.2 Å². The number of Topliss-reactive ketones (excluding diaryl/α,β-unsaturated/α-hetero) is 1. The second kappa shape index (κ2) is 10.0. The molecular weight excluding hydrogens is 448 g/mol. The number of carbonyl (C=O) groups is 1. The smallest absolute Gasteiger partial charge is 0.269 e. The average Bonchev–Trinajstić information content (AvgIpc) is 2.75. The fourth-order valence-corrected chi connectivity index (χ4v) is 3.30. The molecule has 0 spiro atoms. The van der Waals surface area contributed by atoms with Crippen LogP contribution in [-0.4, -0.2) is 17.3 Å². The highest BCUT2D eigenvalue weighted by Gasteiger charge is 2.18. The van der Waals surface area contributed by atoms with Gasteiger partial charge in [0.1, 0.15) is 5.75 Å². The Morgan fingerprint density at radius 2 is 1.67 bits per heavy atom. The van der Waals surface area contributed by atoms with Crippen LogP contribution in [0.4, 0.5) is 11.4 Å². The molecule has 7 heteroatoms. The van der Waals surface area contributed by atoms with E-state index < -0.39 is 4.92 Å². The number of anilines is 1. The summed E-state index contributed by atoms with van der Waals surface area (Å²) in [6.07, 6.45) is 0.229. The van der Waals surface area contributed by atoms with Crippen molar-refractivity contribution in [1.82, 2.24) is 0 Å². The average molecular weight is 469 g/mol. The predicted octanol–water partition coefficient (Wildman–Crippen LogP) is 6.18. The molecule has 0 heterocycles. The summed E-state index contributed by atoms with van der Waals surface area (Å²) in [6, 6.07) is 20.7. The molecule has 30 heavy (non-hydrogen) atoms. The van der Waals surface area contributed by atoms with E-state index in [9.17, 15) is 14.9 Å². The fraction of sp³-hybridized carbons (Fsp3) is 0.174. The minimum Gasteiger partial charge on any atom is -0.494 e. The molecule has 0 aliphatic carbocycles. The Labute approximate surface area is 183 Å². The molecule has 1 N–H and O–H groups in total. The van der Waals surface area contributed by atoms with Crippen molar-refractivity contribution in [1.29, 1.82) is 0 Å². The number of ketones is 1. The van der Waals surface area contributed by atoms with E-state index in [1.807, 2.05) is 43.3 Å². The summed E-state index contributed by atoms with van der Waals surface area (Å²) in [4.78, 5) is 23.3. The van der Waals surface area contributed by atoms with Gasteiger partial charge in [0.15, 0.2) is 5.78 Å². The molecule has 1 unspecified atom stereocenters. The molecule has 154 valence electrons. The molecule has 0 aromatic heterocycles. The van der Waals surface area contributed by atoms with Crippen molar-refractivity contribution in [2.75, 3.05) is 11.9 Å². The van der Waals surface area contributed by atoms with Crippen LogP contribution in [0.2, 0.25) is 0 Å². The van der Waals surface area contributed by atoms with Gasteiger partial charge in [0.05, 0.1) is 17.6 Å². The Hall–Kier alpha value is -3.19. The molecule has 0 saturated heterocycles. The lowest BCUT2D eigenvalue weighted by molar-refractivity contribution is -0.384. The maximum Gasteiger partial charge on any atom is 0.269 e. The third-order valence-electron chi connectivity index (χ3n) is 4.57. The first kappa shape index (κ1) is 21.5. The zero-order chi connectivity index (χ0) is 21.5. The lowest BCUT2D eigenvalue weighted by Crippen LogP contribution is -2.16. The highest BCUT2D eigenvalue weighted by Crippen LogP contribution is 2.27. The van der Waals surface area contributed by atoms with Gasteiger partial charge in [-0.1, -0.05) is 40.2 Å². The minimum atomic E-state index is -0.440. The third kappa shape index (κ3) is 5.67. The first-order valence-corrected chi connectivity index (χ1v) is 10.3. The predicted molar refractivity (Wildman–Crippen MR) is 120 cm³/mol. The van der Waals surface area contributed by atoms with E-state index >= 15 is 0 Å². The SMILES string of the molecule is CCOc1ccc(C(CC(=O)c2ccc(Br)cc2)Nc2ccc([N+](=O)[O-])cc2)cc1. The number of nitro groups is 1. The first-order valence-electron chi connectivity index (χ1n) is 9.49. The van der Waals surface area contributed by atoms with Crippen LogP contribution in [0.25, 0.3) is 0 Å². The summed E-state index contributed by atoms with van der Waals surface area (Å²) in [7, 11) is 0. The number of ether oxygens (including phenoxy) is 1. The lowest BCUT2D eigenvalue weighted by atomic mass is 9.97. The van der Waals surface area contributed by atoms with Crippen LogP contribution in [0, 0.1) is 10.1 Å². The number of carbonyl (C=O) groups excluding carboxylic acids is 1.